The van der Waals surface area contributed by atoms with Crippen LogP contribution in [0, 0.1) is 0 Å². The zero-order chi connectivity index (χ0) is 8.43. The second-order valence-corrected chi connectivity index (χ2v) is 3.32. The first-order valence-corrected chi connectivity index (χ1v) is 4.96. The van der Waals surface area contributed by atoms with Crippen molar-refractivity contribution in [1.29, 1.82) is 0 Å². The van der Waals surface area contributed by atoms with Crippen molar-refractivity contribution in [3.05, 3.63) is 32.6 Å². The monoisotopic (exact) mass is 330 g/mol. The molecule has 1 N–H and O–H groups in total. The van der Waals surface area contributed by atoms with Crippen LogP contribution in [-0.2, 0) is 4.43 Å². The maximum atomic E-state index is 10.9. The van der Waals surface area contributed by atoms with Gasteiger partial charge in [-0.3, -0.25) is 9.78 Å². The van der Waals surface area contributed by atoms with E-state index in [-0.39, 0.29) is 5.56 Å². The molecule has 0 atom stereocenters. The van der Waals surface area contributed by atoms with Gasteiger partial charge in [-0.05, 0) is 0 Å². The van der Waals surface area contributed by atoms with Crippen molar-refractivity contribution < 1.29 is 0 Å². The lowest BCUT2D eigenvalue weighted by Crippen LogP contribution is -2.26. The Morgan fingerprint density at radius 2 is 2.27 bits per heavy atom. The van der Waals surface area contributed by atoms with Crippen LogP contribution in [0.3, 0.4) is 0 Å². The molecular weight excluding hydrogens is 327 g/mol. The summed E-state index contributed by atoms with van der Waals surface area (Å²) in [4.78, 5) is 23.7. The lowest BCUT2D eigenvalue weighted by atomic mass is 10.5. The predicted molar refractivity (Wildman–Crippen MR) is 53.4 cm³/mol. The van der Waals surface area contributed by atoms with Crippen LogP contribution in [0.1, 0.15) is 5.69 Å². The highest BCUT2D eigenvalue weighted by Gasteiger charge is 2.00. The van der Waals surface area contributed by atoms with Gasteiger partial charge in [0, 0.05) is 16.2 Å². The van der Waals surface area contributed by atoms with E-state index in [9.17, 15) is 9.59 Å². The second-order valence-electron chi connectivity index (χ2n) is 1.84. The van der Waals surface area contributed by atoms with Crippen LogP contribution in [0.5, 0.6) is 0 Å². The van der Waals surface area contributed by atoms with Crippen molar-refractivity contribution in [2.24, 2.45) is 0 Å². The molecule has 0 saturated heterocycles. The van der Waals surface area contributed by atoms with E-state index in [0.29, 0.717) is 10.1 Å². The van der Waals surface area contributed by atoms with Crippen molar-refractivity contribution in [3.8, 4) is 0 Å². The van der Waals surface area contributed by atoms with E-state index in [1.165, 1.54) is 9.66 Å². The van der Waals surface area contributed by atoms with Crippen LogP contribution in [-0.4, -0.2) is 8.58 Å². The van der Waals surface area contributed by atoms with Gasteiger partial charge < -0.3 is 0 Å². The summed E-state index contributed by atoms with van der Waals surface area (Å²) in [5, 5.41) is 0. The molecular formula is C5H4BrIN2O2. The van der Waals surface area contributed by atoms with E-state index in [2.05, 4.69) is 43.7 Å². The van der Waals surface area contributed by atoms with E-state index in [1.807, 2.05) is 0 Å². The van der Waals surface area contributed by atoms with Gasteiger partial charge >= 0.3 is 5.69 Å². The molecule has 0 aromatic carbocycles. The fourth-order valence-corrected chi connectivity index (χ4v) is 1.97. The largest absolute Gasteiger partial charge is 0.338 e. The fourth-order valence-electron chi connectivity index (χ4n) is 0.620. The first-order chi connectivity index (χ1) is 5.15. The van der Waals surface area contributed by atoms with Crippen LogP contribution < -0.4 is 11.2 Å². The summed E-state index contributed by atoms with van der Waals surface area (Å²) in [5.41, 5.74) is -0.152. The molecule has 0 saturated carbocycles. The Kier molecular flexibility index (Phi) is 2.88. The number of hydrogen-bond acceptors (Lipinski definition) is 2. The van der Waals surface area contributed by atoms with E-state index in [0.717, 1.165) is 0 Å². The minimum atomic E-state index is -0.441. The maximum absolute atomic E-state index is 10.9. The number of H-pyrrole nitrogens is 1. The normalized spacial score (nSPS) is 10.0. The molecule has 1 heterocycles. The van der Waals surface area contributed by atoms with Crippen LogP contribution in [0.4, 0.5) is 0 Å². The maximum Gasteiger partial charge on any atom is 0.338 e. The molecule has 0 aliphatic carbocycles. The summed E-state index contributed by atoms with van der Waals surface area (Å²) in [6.45, 7) is 0. The SMILES string of the molecule is O=c1cc(CI)n(Br)c(=O)[nH]1. The Bertz CT molecular complexity index is 369. The molecule has 0 amide bonds. The fraction of sp³-hybridized carbons (Fsp3) is 0.200. The van der Waals surface area contributed by atoms with Crippen molar-refractivity contribution in [3.63, 3.8) is 0 Å². The molecule has 1 aromatic heterocycles. The van der Waals surface area contributed by atoms with Crippen LogP contribution >= 0.6 is 38.7 Å². The standard InChI is InChI=1S/C5H4BrIN2O2/c6-9-3(2-7)1-4(10)8-5(9)11/h1H,2H2,(H,8,10,11). The van der Waals surface area contributed by atoms with Gasteiger partial charge in [0.05, 0.1) is 16.1 Å². The first-order valence-electron chi connectivity index (χ1n) is 2.72. The van der Waals surface area contributed by atoms with Gasteiger partial charge in [0.15, 0.2) is 0 Å². The predicted octanol–water partition coefficient (Wildman–Crippen LogP) is 0.630. The van der Waals surface area contributed by atoms with Crippen molar-refractivity contribution in [1.82, 2.24) is 8.58 Å². The van der Waals surface area contributed by atoms with E-state index < -0.39 is 5.69 Å². The minimum absolute atomic E-state index is 0.364. The number of rotatable bonds is 1. The Labute approximate surface area is 84.1 Å². The van der Waals surface area contributed by atoms with Gasteiger partial charge in [-0.25, -0.2) is 8.39 Å². The van der Waals surface area contributed by atoms with Crippen LogP contribution in [0.25, 0.3) is 0 Å². The molecule has 0 bridgehead atoms. The zero-order valence-corrected chi connectivity index (χ0v) is 9.05. The lowest BCUT2D eigenvalue weighted by molar-refractivity contribution is 0.957. The highest BCUT2D eigenvalue weighted by molar-refractivity contribution is 14.1. The van der Waals surface area contributed by atoms with Gasteiger partial charge in [-0.2, -0.15) is 0 Å². The van der Waals surface area contributed by atoms with E-state index >= 15 is 0 Å². The minimum Gasteiger partial charge on any atom is -0.273 e. The molecule has 0 unspecified atom stereocenters. The smallest absolute Gasteiger partial charge is 0.273 e. The third kappa shape index (κ3) is 1.92. The molecule has 0 radical (unpaired) electrons. The number of hydrogen-bond donors (Lipinski definition) is 1. The highest BCUT2D eigenvalue weighted by Crippen LogP contribution is 2.02. The van der Waals surface area contributed by atoms with Gasteiger partial charge in [0.1, 0.15) is 0 Å². The number of nitrogens with one attached hydrogen (secondary N) is 1. The van der Waals surface area contributed by atoms with Crippen LogP contribution in [0.15, 0.2) is 15.7 Å². The highest BCUT2D eigenvalue weighted by atomic mass is 127. The van der Waals surface area contributed by atoms with E-state index in [1.54, 1.807) is 0 Å². The third-order valence-electron chi connectivity index (χ3n) is 1.10. The second kappa shape index (κ2) is 3.53. The number of aromatic nitrogens is 2. The van der Waals surface area contributed by atoms with Gasteiger partial charge in [-0.15, -0.1) is 0 Å². The lowest BCUT2D eigenvalue weighted by Gasteiger charge is -1.98. The summed E-state index contributed by atoms with van der Waals surface area (Å²) in [7, 11) is 0. The third-order valence-corrected chi connectivity index (χ3v) is 2.65. The number of halogens is 2. The molecule has 1 aromatic rings. The average molecular weight is 331 g/mol. The van der Waals surface area contributed by atoms with Crippen molar-refractivity contribution in [2.75, 3.05) is 0 Å². The molecule has 60 valence electrons. The number of aromatic amines is 1. The Morgan fingerprint density at radius 3 is 2.82 bits per heavy atom. The molecule has 4 nitrogen and oxygen atoms in total. The first kappa shape index (κ1) is 8.98. The summed E-state index contributed by atoms with van der Waals surface area (Å²) in [6, 6.07) is 1.38. The molecule has 11 heavy (non-hydrogen) atoms. The van der Waals surface area contributed by atoms with Gasteiger partial charge in [0.2, 0.25) is 0 Å². The summed E-state index contributed by atoms with van der Waals surface area (Å²) < 4.78 is 1.85. The van der Waals surface area contributed by atoms with Crippen molar-refractivity contribution >= 4 is 38.7 Å². The molecule has 0 aliphatic heterocycles. The van der Waals surface area contributed by atoms with Crippen molar-refractivity contribution in [2.45, 2.75) is 4.43 Å². The number of alkyl halides is 1. The topological polar surface area (TPSA) is 54.9 Å². The zero-order valence-electron chi connectivity index (χ0n) is 5.30. The van der Waals surface area contributed by atoms with Gasteiger partial charge in [0.25, 0.3) is 5.56 Å². The average Bonchev–Trinajstić information content (AvgIpc) is 1.96. The molecule has 0 spiro atoms. The molecule has 1 rings (SSSR count). The Morgan fingerprint density at radius 1 is 1.64 bits per heavy atom. The molecule has 0 aliphatic rings. The summed E-state index contributed by atoms with van der Waals surface area (Å²) in [5.74, 6) is 0. The number of nitrogens with zero attached hydrogens (tertiary/aromatic N) is 1. The Hall–Kier alpha value is -0.110. The summed E-state index contributed by atoms with van der Waals surface area (Å²) in [6.07, 6.45) is 0. The molecule has 0 fully saturated rings. The van der Waals surface area contributed by atoms with Gasteiger partial charge in [-0.1, -0.05) is 22.6 Å². The van der Waals surface area contributed by atoms with E-state index in [4.69, 9.17) is 0 Å². The Balaban J connectivity index is 3.49. The summed E-state index contributed by atoms with van der Waals surface area (Å²) >= 11 is 5.07. The quantitative estimate of drug-likeness (QED) is 0.606. The molecule has 6 heteroatoms. The van der Waals surface area contributed by atoms with Crippen LogP contribution in [0.2, 0.25) is 0 Å².